The average Bonchev–Trinajstić information content (AvgIpc) is 2.46. The first-order valence-corrected chi connectivity index (χ1v) is 7.42. The van der Waals surface area contributed by atoms with E-state index in [9.17, 15) is 10.2 Å². The first-order valence-electron chi connectivity index (χ1n) is 6.90. The van der Waals surface area contributed by atoms with Gasteiger partial charge in [-0.3, -0.25) is 0 Å². The van der Waals surface area contributed by atoms with Gasteiger partial charge in [-0.2, -0.15) is 12.6 Å². The lowest BCUT2D eigenvalue weighted by atomic mass is 10.0. The van der Waals surface area contributed by atoms with Crippen LogP contribution in [0.2, 0.25) is 0 Å². The Labute approximate surface area is 125 Å². The van der Waals surface area contributed by atoms with Crippen LogP contribution < -0.4 is 0 Å². The molecule has 0 aromatic heterocycles. The van der Waals surface area contributed by atoms with Gasteiger partial charge in [-0.15, -0.1) is 0 Å². The van der Waals surface area contributed by atoms with E-state index < -0.39 is 0 Å². The third kappa shape index (κ3) is 4.49. The van der Waals surface area contributed by atoms with Crippen molar-refractivity contribution in [2.45, 2.75) is 30.9 Å². The molecular weight excluding hydrogens is 268 g/mol. The molecule has 0 aliphatic rings. The molecule has 0 radical (unpaired) electrons. The molecule has 0 bridgehead atoms. The minimum absolute atomic E-state index is 0.218. The van der Waals surface area contributed by atoms with Crippen LogP contribution in [-0.4, -0.2) is 10.2 Å². The summed E-state index contributed by atoms with van der Waals surface area (Å²) in [5.74, 6) is 0.609. The topological polar surface area (TPSA) is 40.5 Å². The minimum Gasteiger partial charge on any atom is -0.508 e. The van der Waals surface area contributed by atoms with E-state index in [1.165, 1.54) is 5.56 Å². The van der Waals surface area contributed by atoms with Crippen LogP contribution in [0.15, 0.2) is 48.5 Å². The number of hydrogen-bond acceptors (Lipinski definition) is 3. The van der Waals surface area contributed by atoms with E-state index in [1.807, 2.05) is 24.3 Å². The molecule has 0 amide bonds. The van der Waals surface area contributed by atoms with Gasteiger partial charge in [-0.1, -0.05) is 30.7 Å². The molecule has 2 rings (SSSR count). The molecule has 0 aliphatic carbocycles. The number of aromatic hydroxyl groups is 2. The predicted octanol–water partition coefficient (Wildman–Crippen LogP) is 4.48. The molecule has 1 atom stereocenters. The summed E-state index contributed by atoms with van der Waals surface area (Å²) in [5, 5.41) is 18.7. The predicted molar refractivity (Wildman–Crippen MR) is 85.5 cm³/mol. The molecule has 0 spiro atoms. The van der Waals surface area contributed by atoms with Crippen molar-refractivity contribution in [1.82, 2.24) is 0 Å². The fourth-order valence-electron chi connectivity index (χ4n) is 2.19. The standard InChI is InChI=1S/C17H20O2S/c18-15-9-5-13(6-10-15)3-1-2-4-17(20)14-7-11-16(19)12-8-14/h5-12,17-20H,1-4H2. The molecule has 0 saturated heterocycles. The fraction of sp³-hybridized carbons (Fsp3) is 0.294. The molecule has 0 aliphatic heterocycles. The van der Waals surface area contributed by atoms with Crippen LogP contribution in [0.4, 0.5) is 0 Å². The van der Waals surface area contributed by atoms with Crippen molar-refractivity contribution >= 4 is 12.6 Å². The number of phenolic OH excluding ortho intramolecular Hbond substituents is 2. The zero-order chi connectivity index (χ0) is 14.4. The van der Waals surface area contributed by atoms with Gasteiger partial charge in [0.1, 0.15) is 11.5 Å². The molecule has 2 nitrogen and oxygen atoms in total. The average molecular weight is 288 g/mol. The number of phenols is 2. The SMILES string of the molecule is Oc1ccc(CCCCC(S)c2ccc(O)cc2)cc1. The van der Waals surface area contributed by atoms with Crippen LogP contribution in [0.5, 0.6) is 11.5 Å². The first kappa shape index (κ1) is 14.8. The van der Waals surface area contributed by atoms with Gasteiger partial charge < -0.3 is 10.2 Å². The van der Waals surface area contributed by atoms with Gasteiger partial charge in [0.15, 0.2) is 0 Å². The number of thiol groups is 1. The second kappa shape index (κ2) is 7.25. The Morgan fingerprint density at radius 2 is 1.35 bits per heavy atom. The molecule has 0 heterocycles. The first-order chi connectivity index (χ1) is 9.65. The Balaban J connectivity index is 1.72. The lowest BCUT2D eigenvalue weighted by Crippen LogP contribution is -1.92. The number of benzene rings is 2. The largest absolute Gasteiger partial charge is 0.508 e. The van der Waals surface area contributed by atoms with Gasteiger partial charge in [0, 0.05) is 5.25 Å². The number of aryl methyl sites for hydroxylation is 1. The van der Waals surface area contributed by atoms with Gasteiger partial charge >= 0.3 is 0 Å². The smallest absolute Gasteiger partial charge is 0.115 e. The second-order valence-electron chi connectivity index (χ2n) is 5.02. The van der Waals surface area contributed by atoms with E-state index in [0.29, 0.717) is 11.5 Å². The van der Waals surface area contributed by atoms with Crippen LogP contribution in [0.3, 0.4) is 0 Å². The summed E-state index contributed by atoms with van der Waals surface area (Å²) in [6.45, 7) is 0. The van der Waals surface area contributed by atoms with Crippen LogP contribution in [0, 0.1) is 0 Å². The number of hydrogen-bond donors (Lipinski definition) is 3. The molecule has 3 heteroatoms. The van der Waals surface area contributed by atoms with Crippen LogP contribution in [0.1, 0.15) is 35.6 Å². The van der Waals surface area contributed by atoms with Crippen molar-refractivity contribution in [2.24, 2.45) is 0 Å². The van der Waals surface area contributed by atoms with Gasteiger partial charge in [0.25, 0.3) is 0 Å². The Kier molecular flexibility index (Phi) is 5.36. The molecule has 0 saturated carbocycles. The zero-order valence-electron chi connectivity index (χ0n) is 11.4. The molecule has 106 valence electrons. The second-order valence-corrected chi connectivity index (χ2v) is 5.64. The Hall–Kier alpha value is -1.61. The number of rotatable bonds is 6. The number of unbranched alkanes of at least 4 members (excludes halogenated alkanes) is 1. The summed E-state index contributed by atoms with van der Waals surface area (Å²) in [6.07, 6.45) is 4.26. The van der Waals surface area contributed by atoms with E-state index in [1.54, 1.807) is 24.3 Å². The van der Waals surface area contributed by atoms with E-state index in [-0.39, 0.29) is 5.25 Å². The van der Waals surface area contributed by atoms with E-state index in [2.05, 4.69) is 12.6 Å². The normalized spacial score (nSPS) is 12.2. The lowest BCUT2D eigenvalue weighted by molar-refractivity contribution is 0.474. The highest BCUT2D eigenvalue weighted by Crippen LogP contribution is 2.27. The van der Waals surface area contributed by atoms with Crippen molar-refractivity contribution in [3.8, 4) is 11.5 Å². The molecule has 0 fully saturated rings. The Bertz CT molecular complexity index is 520. The summed E-state index contributed by atoms with van der Waals surface area (Å²) in [7, 11) is 0. The summed E-state index contributed by atoms with van der Waals surface area (Å²) in [4.78, 5) is 0. The maximum atomic E-state index is 9.26. The molecular formula is C17H20O2S. The molecule has 1 unspecified atom stereocenters. The van der Waals surface area contributed by atoms with Crippen molar-refractivity contribution in [2.75, 3.05) is 0 Å². The van der Waals surface area contributed by atoms with Crippen molar-refractivity contribution < 1.29 is 10.2 Å². The fourth-order valence-corrected chi connectivity index (χ4v) is 2.55. The van der Waals surface area contributed by atoms with Crippen LogP contribution in [-0.2, 0) is 6.42 Å². The third-order valence-electron chi connectivity index (χ3n) is 3.41. The van der Waals surface area contributed by atoms with Crippen LogP contribution >= 0.6 is 12.6 Å². The van der Waals surface area contributed by atoms with E-state index in [4.69, 9.17) is 0 Å². The van der Waals surface area contributed by atoms with E-state index in [0.717, 1.165) is 31.2 Å². The summed E-state index contributed by atoms with van der Waals surface area (Å²) in [6, 6.07) is 14.6. The molecule has 20 heavy (non-hydrogen) atoms. The van der Waals surface area contributed by atoms with Crippen LogP contribution in [0.25, 0.3) is 0 Å². The zero-order valence-corrected chi connectivity index (χ0v) is 12.3. The van der Waals surface area contributed by atoms with Gasteiger partial charge in [-0.25, -0.2) is 0 Å². The Morgan fingerprint density at radius 1 is 0.800 bits per heavy atom. The maximum Gasteiger partial charge on any atom is 0.115 e. The van der Waals surface area contributed by atoms with Crippen molar-refractivity contribution in [1.29, 1.82) is 0 Å². The summed E-state index contributed by atoms with van der Waals surface area (Å²) in [5.41, 5.74) is 2.40. The minimum atomic E-state index is 0.218. The monoisotopic (exact) mass is 288 g/mol. The lowest BCUT2D eigenvalue weighted by Gasteiger charge is -2.11. The quantitative estimate of drug-likeness (QED) is 0.542. The van der Waals surface area contributed by atoms with Crippen molar-refractivity contribution in [3.63, 3.8) is 0 Å². The molecule has 2 N–H and O–H groups in total. The van der Waals surface area contributed by atoms with Gasteiger partial charge in [0.05, 0.1) is 0 Å². The highest BCUT2D eigenvalue weighted by Gasteiger charge is 2.06. The third-order valence-corrected chi connectivity index (χ3v) is 3.96. The summed E-state index contributed by atoms with van der Waals surface area (Å²) >= 11 is 4.61. The highest BCUT2D eigenvalue weighted by molar-refractivity contribution is 7.80. The van der Waals surface area contributed by atoms with E-state index >= 15 is 0 Å². The summed E-state index contributed by atoms with van der Waals surface area (Å²) < 4.78 is 0. The molecule has 2 aromatic carbocycles. The highest BCUT2D eigenvalue weighted by atomic mass is 32.1. The van der Waals surface area contributed by atoms with Crippen molar-refractivity contribution in [3.05, 3.63) is 59.7 Å². The Morgan fingerprint density at radius 3 is 1.95 bits per heavy atom. The maximum absolute atomic E-state index is 9.26. The van der Waals surface area contributed by atoms with Gasteiger partial charge in [-0.05, 0) is 54.7 Å². The van der Waals surface area contributed by atoms with Gasteiger partial charge in [0.2, 0.25) is 0 Å². The molecule has 2 aromatic rings.